The summed E-state index contributed by atoms with van der Waals surface area (Å²) in [5.41, 5.74) is 1.47. The van der Waals surface area contributed by atoms with Crippen molar-refractivity contribution in [1.82, 2.24) is 14.8 Å². The summed E-state index contributed by atoms with van der Waals surface area (Å²) < 4.78 is 18.6. The normalized spacial score (nSPS) is 13.4. The van der Waals surface area contributed by atoms with E-state index in [1.165, 1.54) is 24.6 Å². The van der Waals surface area contributed by atoms with Crippen molar-refractivity contribution < 1.29 is 19.0 Å². The lowest BCUT2D eigenvalue weighted by molar-refractivity contribution is -0.113. The standard InChI is InChI=1S/C26H30N4O4S/c1-4-15-30-25(18-9-11-20(12-10-18)34-19-7-5-6-8-19)28-29-26(30)35-17-24(31)27-22-16-21(32-2)13-14-23(22)33-3/h4,9-14,16,19H,1,5-8,15,17H2,2-3H3,(H,27,31). The highest BCUT2D eigenvalue weighted by Gasteiger charge is 2.18. The quantitative estimate of drug-likeness (QED) is 0.290. The predicted molar refractivity (Wildman–Crippen MR) is 137 cm³/mol. The van der Waals surface area contributed by atoms with Gasteiger partial charge < -0.3 is 19.5 Å². The molecule has 184 valence electrons. The van der Waals surface area contributed by atoms with Crippen molar-refractivity contribution in [2.45, 2.75) is 43.5 Å². The number of nitrogens with one attached hydrogen (secondary N) is 1. The van der Waals surface area contributed by atoms with Crippen LogP contribution in [0, 0.1) is 0 Å². The molecular weight excluding hydrogens is 464 g/mol. The van der Waals surface area contributed by atoms with Gasteiger partial charge in [-0.25, -0.2) is 0 Å². The Labute approximate surface area is 209 Å². The van der Waals surface area contributed by atoms with E-state index in [-0.39, 0.29) is 11.7 Å². The molecule has 1 amide bonds. The smallest absolute Gasteiger partial charge is 0.234 e. The third kappa shape index (κ3) is 6.16. The fourth-order valence-corrected chi connectivity index (χ4v) is 4.76. The second kappa shape index (κ2) is 11.8. The van der Waals surface area contributed by atoms with Crippen molar-refractivity contribution in [1.29, 1.82) is 0 Å². The molecule has 1 aliphatic carbocycles. The number of carbonyl (C=O) groups excluding carboxylic acids is 1. The number of hydrogen-bond acceptors (Lipinski definition) is 7. The van der Waals surface area contributed by atoms with Crippen molar-refractivity contribution in [3.05, 3.63) is 55.1 Å². The van der Waals surface area contributed by atoms with E-state index < -0.39 is 0 Å². The first-order chi connectivity index (χ1) is 17.1. The highest BCUT2D eigenvalue weighted by atomic mass is 32.2. The van der Waals surface area contributed by atoms with Gasteiger partial charge in [0.25, 0.3) is 0 Å². The minimum absolute atomic E-state index is 0.157. The number of hydrogen-bond donors (Lipinski definition) is 1. The van der Waals surface area contributed by atoms with Gasteiger partial charge >= 0.3 is 0 Å². The van der Waals surface area contributed by atoms with Crippen LogP contribution in [0.3, 0.4) is 0 Å². The molecule has 0 bridgehead atoms. The summed E-state index contributed by atoms with van der Waals surface area (Å²) in [7, 11) is 3.13. The average molecular weight is 495 g/mol. The Morgan fingerprint density at radius 2 is 1.86 bits per heavy atom. The van der Waals surface area contributed by atoms with Crippen molar-refractivity contribution in [2.75, 3.05) is 25.3 Å². The Balaban J connectivity index is 1.43. The van der Waals surface area contributed by atoms with Gasteiger partial charge in [0, 0.05) is 18.2 Å². The van der Waals surface area contributed by atoms with E-state index >= 15 is 0 Å². The number of benzene rings is 2. The van der Waals surface area contributed by atoms with Crippen LogP contribution in [0.15, 0.2) is 60.3 Å². The van der Waals surface area contributed by atoms with Gasteiger partial charge in [-0.05, 0) is 62.1 Å². The molecule has 9 heteroatoms. The lowest BCUT2D eigenvalue weighted by Gasteiger charge is -2.13. The van der Waals surface area contributed by atoms with Crippen molar-refractivity contribution in [3.8, 4) is 28.6 Å². The van der Waals surface area contributed by atoms with Crippen molar-refractivity contribution in [3.63, 3.8) is 0 Å². The molecule has 0 saturated heterocycles. The molecule has 2 aromatic carbocycles. The Morgan fingerprint density at radius 1 is 1.11 bits per heavy atom. The number of carbonyl (C=O) groups is 1. The number of nitrogens with zero attached hydrogens (tertiary/aromatic N) is 3. The Kier molecular flexibility index (Phi) is 8.31. The highest BCUT2D eigenvalue weighted by molar-refractivity contribution is 7.99. The zero-order valence-electron chi connectivity index (χ0n) is 20.0. The summed E-state index contributed by atoms with van der Waals surface area (Å²) in [6.45, 7) is 4.38. The third-order valence-electron chi connectivity index (χ3n) is 5.76. The first-order valence-corrected chi connectivity index (χ1v) is 12.6. The van der Waals surface area contributed by atoms with E-state index in [4.69, 9.17) is 14.2 Å². The Morgan fingerprint density at radius 3 is 2.54 bits per heavy atom. The molecule has 1 N–H and O–H groups in total. The second-order valence-electron chi connectivity index (χ2n) is 8.16. The van der Waals surface area contributed by atoms with Gasteiger partial charge in [-0.3, -0.25) is 9.36 Å². The van der Waals surface area contributed by atoms with Gasteiger partial charge in [0.2, 0.25) is 5.91 Å². The number of rotatable bonds is 11. The molecule has 0 spiro atoms. The maximum Gasteiger partial charge on any atom is 0.234 e. The molecule has 1 heterocycles. The van der Waals surface area contributed by atoms with Crippen LogP contribution in [0.5, 0.6) is 17.2 Å². The topological polar surface area (TPSA) is 87.5 Å². The monoisotopic (exact) mass is 494 g/mol. The first kappa shape index (κ1) is 24.7. The summed E-state index contributed by atoms with van der Waals surface area (Å²) >= 11 is 1.31. The van der Waals surface area contributed by atoms with E-state index in [2.05, 4.69) is 22.1 Å². The van der Waals surface area contributed by atoms with Gasteiger partial charge in [0.05, 0.1) is 31.8 Å². The fraction of sp³-hybridized carbons (Fsp3) is 0.346. The van der Waals surface area contributed by atoms with Gasteiger partial charge in [-0.15, -0.1) is 16.8 Å². The summed E-state index contributed by atoms with van der Waals surface area (Å²) in [5, 5.41) is 12.2. The molecule has 0 aliphatic heterocycles. The van der Waals surface area contributed by atoms with Crippen molar-refractivity contribution >= 4 is 23.4 Å². The SMILES string of the molecule is C=CCn1c(SCC(=O)Nc2cc(OC)ccc2OC)nnc1-c1ccc(OC2CCCC2)cc1. The summed E-state index contributed by atoms with van der Waals surface area (Å²) in [5.74, 6) is 2.74. The first-order valence-electron chi connectivity index (χ1n) is 11.6. The van der Waals surface area contributed by atoms with E-state index in [0.29, 0.717) is 35.0 Å². The van der Waals surface area contributed by atoms with Crippen LogP contribution in [0.2, 0.25) is 0 Å². The van der Waals surface area contributed by atoms with Crippen LogP contribution in [0.4, 0.5) is 5.69 Å². The molecule has 8 nitrogen and oxygen atoms in total. The maximum absolute atomic E-state index is 12.7. The van der Waals surface area contributed by atoms with Crippen molar-refractivity contribution in [2.24, 2.45) is 0 Å². The summed E-state index contributed by atoms with van der Waals surface area (Å²) in [6, 6.07) is 13.2. The molecule has 4 rings (SSSR count). The second-order valence-corrected chi connectivity index (χ2v) is 9.10. The van der Waals surface area contributed by atoms with Gasteiger partial charge in [-0.2, -0.15) is 0 Å². The number of aromatic nitrogens is 3. The molecule has 0 radical (unpaired) electrons. The fourth-order valence-electron chi connectivity index (χ4n) is 4.01. The number of ether oxygens (including phenoxy) is 3. The molecule has 0 atom stereocenters. The third-order valence-corrected chi connectivity index (χ3v) is 6.73. The van der Waals surface area contributed by atoms with E-state index in [1.807, 2.05) is 28.8 Å². The number of thioether (sulfide) groups is 1. The molecule has 0 unspecified atom stereocenters. The van der Waals surface area contributed by atoms with Gasteiger partial charge in [-0.1, -0.05) is 17.8 Å². The van der Waals surface area contributed by atoms with Gasteiger partial charge in [0.15, 0.2) is 11.0 Å². The molecular formula is C26H30N4O4S. The predicted octanol–water partition coefficient (Wildman–Crippen LogP) is 5.20. The summed E-state index contributed by atoms with van der Waals surface area (Å²) in [6.07, 6.45) is 6.81. The van der Waals surface area contributed by atoms with Crippen LogP contribution >= 0.6 is 11.8 Å². The average Bonchev–Trinajstić information content (AvgIpc) is 3.53. The number of allylic oxidation sites excluding steroid dienone is 1. The molecule has 1 aliphatic rings. The lowest BCUT2D eigenvalue weighted by atomic mass is 10.2. The van der Waals surface area contributed by atoms with E-state index in [0.717, 1.165) is 30.0 Å². The maximum atomic E-state index is 12.7. The molecule has 1 saturated carbocycles. The van der Waals surface area contributed by atoms with Crippen LogP contribution < -0.4 is 19.5 Å². The Hall–Kier alpha value is -3.46. The van der Waals surface area contributed by atoms with Crippen LogP contribution in [-0.4, -0.2) is 46.7 Å². The zero-order valence-corrected chi connectivity index (χ0v) is 20.8. The minimum Gasteiger partial charge on any atom is -0.497 e. The largest absolute Gasteiger partial charge is 0.497 e. The van der Waals surface area contributed by atoms with Crippen LogP contribution in [0.25, 0.3) is 11.4 Å². The lowest BCUT2D eigenvalue weighted by Crippen LogP contribution is -2.15. The highest BCUT2D eigenvalue weighted by Crippen LogP contribution is 2.30. The summed E-state index contributed by atoms with van der Waals surface area (Å²) in [4.78, 5) is 12.7. The van der Waals surface area contributed by atoms with E-state index in [9.17, 15) is 4.79 Å². The number of amides is 1. The number of methoxy groups -OCH3 is 2. The van der Waals surface area contributed by atoms with Crippen LogP contribution in [0.1, 0.15) is 25.7 Å². The minimum atomic E-state index is -0.190. The number of anilines is 1. The van der Waals surface area contributed by atoms with Crippen LogP contribution in [-0.2, 0) is 11.3 Å². The Bertz CT molecular complexity index is 1160. The zero-order chi connectivity index (χ0) is 24.6. The molecule has 1 aromatic heterocycles. The molecule has 1 fully saturated rings. The van der Waals surface area contributed by atoms with Gasteiger partial charge in [0.1, 0.15) is 17.2 Å². The molecule has 3 aromatic rings. The molecule has 35 heavy (non-hydrogen) atoms. The van der Waals surface area contributed by atoms with E-state index in [1.54, 1.807) is 38.5 Å².